The van der Waals surface area contributed by atoms with Gasteiger partial charge in [-0.25, -0.2) is 4.68 Å². The summed E-state index contributed by atoms with van der Waals surface area (Å²) in [5.74, 6) is -0.141. The highest BCUT2D eigenvalue weighted by Gasteiger charge is 2.19. The van der Waals surface area contributed by atoms with E-state index in [0.29, 0.717) is 27.1 Å². The molecule has 3 heterocycles. The topological polar surface area (TPSA) is 110 Å². The van der Waals surface area contributed by atoms with E-state index in [1.165, 1.54) is 27.7 Å². The van der Waals surface area contributed by atoms with Crippen LogP contribution in [0.3, 0.4) is 0 Å². The van der Waals surface area contributed by atoms with Gasteiger partial charge in [0.15, 0.2) is 5.65 Å². The SMILES string of the molecule is Cc1cc(NC(=O)c2cc(Cl)ccc2Cl)n(-c2nc3c(cnn3-c3cccc(Cl)c3)c(=O)[nH]2)n1. The van der Waals surface area contributed by atoms with E-state index < -0.39 is 11.5 Å². The number of nitrogens with zero attached hydrogens (tertiary/aromatic N) is 5. The average Bonchev–Trinajstić information content (AvgIpc) is 3.39. The fourth-order valence-corrected chi connectivity index (χ4v) is 3.97. The molecule has 170 valence electrons. The zero-order valence-electron chi connectivity index (χ0n) is 17.4. The Morgan fingerprint density at radius 3 is 2.62 bits per heavy atom. The van der Waals surface area contributed by atoms with Gasteiger partial charge in [-0.3, -0.25) is 14.6 Å². The van der Waals surface area contributed by atoms with E-state index in [1.807, 2.05) is 0 Å². The van der Waals surface area contributed by atoms with Crippen molar-refractivity contribution in [3.05, 3.63) is 91.4 Å². The monoisotopic (exact) mass is 513 g/mol. The number of H-pyrrole nitrogens is 1. The van der Waals surface area contributed by atoms with Crippen molar-refractivity contribution in [2.75, 3.05) is 5.32 Å². The highest BCUT2D eigenvalue weighted by atomic mass is 35.5. The Kier molecular flexibility index (Phi) is 5.60. The second-order valence-corrected chi connectivity index (χ2v) is 8.60. The summed E-state index contributed by atoms with van der Waals surface area (Å²) in [6.45, 7) is 1.74. The number of rotatable bonds is 4. The molecule has 0 bridgehead atoms. The minimum atomic E-state index is -0.499. The number of carbonyl (C=O) groups excluding carboxylic acids is 1. The standard InChI is InChI=1S/C22H14Cl3N7O2/c1-11-7-18(27-20(33)15-9-13(24)5-6-17(15)25)32(30-11)22-28-19-16(21(34)29-22)10-26-31(19)14-4-2-3-12(23)8-14/h2-10H,1H3,(H,27,33)(H,28,29,34). The van der Waals surface area contributed by atoms with E-state index in [-0.39, 0.29) is 27.7 Å². The number of benzene rings is 2. The van der Waals surface area contributed by atoms with Crippen LogP contribution in [-0.2, 0) is 0 Å². The number of hydrogen-bond donors (Lipinski definition) is 2. The van der Waals surface area contributed by atoms with Crippen LogP contribution >= 0.6 is 34.8 Å². The average molecular weight is 515 g/mol. The molecular weight excluding hydrogens is 501 g/mol. The molecule has 12 heteroatoms. The minimum absolute atomic E-state index is 0.0851. The zero-order valence-corrected chi connectivity index (χ0v) is 19.7. The second-order valence-electron chi connectivity index (χ2n) is 7.32. The van der Waals surface area contributed by atoms with Crippen molar-refractivity contribution in [2.24, 2.45) is 0 Å². The summed E-state index contributed by atoms with van der Waals surface area (Å²) >= 11 is 18.3. The maximum Gasteiger partial charge on any atom is 0.263 e. The third kappa shape index (κ3) is 4.05. The van der Waals surface area contributed by atoms with Gasteiger partial charge >= 0.3 is 0 Å². The van der Waals surface area contributed by atoms with Crippen molar-refractivity contribution >= 4 is 57.6 Å². The predicted molar refractivity (Wildman–Crippen MR) is 131 cm³/mol. The number of aromatic amines is 1. The third-order valence-corrected chi connectivity index (χ3v) is 5.72. The molecule has 2 N–H and O–H groups in total. The van der Waals surface area contributed by atoms with E-state index >= 15 is 0 Å². The molecule has 0 saturated heterocycles. The number of aryl methyl sites for hydroxylation is 1. The first kappa shape index (κ1) is 22.1. The smallest absolute Gasteiger partial charge is 0.263 e. The lowest BCUT2D eigenvalue weighted by Crippen LogP contribution is -2.19. The molecule has 2 aromatic carbocycles. The quantitative estimate of drug-likeness (QED) is 0.357. The highest BCUT2D eigenvalue weighted by molar-refractivity contribution is 6.36. The molecule has 0 atom stereocenters. The maximum absolute atomic E-state index is 12.9. The van der Waals surface area contributed by atoms with E-state index in [1.54, 1.807) is 43.3 Å². The molecule has 0 aliphatic heterocycles. The van der Waals surface area contributed by atoms with Crippen LogP contribution in [0, 0.1) is 6.92 Å². The van der Waals surface area contributed by atoms with Crippen molar-refractivity contribution in [3.8, 4) is 11.6 Å². The first-order valence-electron chi connectivity index (χ1n) is 9.87. The van der Waals surface area contributed by atoms with Crippen molar-refractivity contribution in [2.45, 2.75) is 6.92 Å². The summed E-state index contributed by atoms with van der Waals surface area (Å²) in [5, 5.41) is 12.8. The molecule has 0 radical (unpaired) electrons. The summed E-state index contributed by atoms with van der Waals surface area (Å²) in [6, 6.07) is 13.2. The van der Waals surface area contributed by atoms with E-state index in [4.69, 9.17) is 34.8 Å². The Labute approximate surface area is 206 Å². The molecule has 1 amide bonds. The predicted octanol–water partition coefficient (Wildman–Crippen LogP) is 4.82. The van der Waals surface area contributed by atoms with Gasteiger partial charge in [0, 0.05) is 16.1 Å². The molecule has 0 spiro atoms. The number of anilines is 1. The first-order valence-corrected chi connectivity index (χ1v) is 11.0. The largest absolute Gasteiger partial charge is 0.306 e. The molecule has 5 aromatic rings. The van der Waals surface area contributed by atoms with Gasteiger partial charge in [0.2, 0.25) is 5.95 Å². The molecule has 0 aliphatic carbocycles. The van der Waals surface area contributed by atoms with Gasteiger partial charge in [-0.2, -0.15) is 19.9 Å². The van der Waals surface area contributed by atoms with Gasteiger partial charge in [-0.1, -0.05) is 40.9 Å². The Hall–Kier alpha value is -3.66. The van der Waals surface area contributed by atoms with Gasteiger partial charge in [-0.15, -0.1) is 0 Å². The van der Waals surface area contributed by atoms with Crippen LogP contribution in [-0.4, -0.2) is 35.4 Å². The zero-order chi connectivity index (χ0) is 24.0. The normalized spacial score (nSPS) is 11.2. The Balaban J connectivity index is 1.60. The number of aromatic nitrogens is 6. The van der Waals surface area contributed by atoms with Crippen molar-refractivity contribution in [1.82, 2.24) is 29.5 Å². The number of nitrogens with one attached hydrogen (secondary N) is 2. The molecule has 0 unspecified atom stereocenters. The summed E-state index contributed by atoms with van der Waals surface area (Å²) in [5.41, 5.74) is 1.28. The molecule has 9 nitrogen and oxygen atoms in total. The Morgan fingerprint density at radius 1 is 1.03 bits per heavy atom. The number of amides is 1. The van der Waals surface area contributed by atoms with Crippen LogP contribution in [0.25, 0.3) is 22.7 Å². The Morgan fingerprint density at radius 2 is 1.82 bits per heavy atom. The fraction of sp³-hybridized carbons (Fsp3) is 0.0455. The van der Waals surface area contributed by atoms with Gasteiger partial charge in [0.05, 0.1) is 28.2 Å². The number of hydrogen-bond acceptors (Lipinski definition) is 5. The molecule has 0 aliphatic rings. The van der Waals surface area contributed by atoms with Gasteiger partial charge in [-0.05, 0) is 43.3 Å². The molecule has 0 fully saturated rings. The molecule has 0 saturated carbocycles. The van der Waals surface area contributed by atoms with Gasteiger partial charge in [0.25, 0.3) is 11.5 Å². The van der Waals surface area contributed by atoms with E-state index in [2.05, 4.69) is 25.5 Å². The highest BCUT2D eigenvalue weighted by Crippen LogP contribution is 2.23. The summed E-state index contributed by atoms with van der Waals surface area (Å²) < 4.78 is 2.82. The Bertz CT molecular complexity index is 1640. The number of carbonyl (C=O) groups is 1. The van der Waals surface area contributed by atoms with Crippen LogP contribution in [0.15, 0.2) is 59.5 Å². The molecule has 34 heavy (non-hydrogen) atoms. The lowest BCUT2D eigenvalue weighted by atomic mass is 10.2. The number of fused-ring (bicyclic) bond motifs is 1. The molecule has 5 rings (SSSR count). The van der Waals surface area contributed by atoms with Crippen molar-refractivity contribution < 1.29 is 4.79 Å². The number of halogens is 3. The van der Waals surface area contributed by atoms with Gasteiger partial charge in [0.1, 0.15) is 11.2 Å². The van der Waals surface area contributed by atoms with Crippen LogP contribution in [0.1, 0.15) is 16.1 Å². The van der Waals surface area contributed by atoms with Crippen LogP contribution in [0.4, 0.5) is 5.82 Å². The summed E-state index contributed by atoms with van der Waals surface area (Å²) in [4.78, 5) is 32.9. The molecular formula is C22H14Cl3N7O2. The minimum Gasteiger partial charge on any atom is -0.306 e. The second kappa shape index (κ2) is 8.60. The lowest BCUT2D eigenvalue weighted by molar-refractivity contribution is 0.102. The van der Waals surface area contributed by atoms with Crippen LogP contribution < -0.4 is 10.9 Å². The maximum atomic E-state index is 12.9. The van der Waals surface area contributed by atoms with Crippen molar-refractivity contribution in [3.63, 3.8) is 0 Å². The summed E-state index contributed by atoms with van der Waals surface area (Å²) in [7, 11) is 0. The van der Waals surface area contributed by atoms with Crippen molar-refractivity contribution in [1.29, 1.82) is 0 Å². The fourth-order valence-electron chi connectivity index (χ4n) is 3.41. The lowest BCUT2D eigenvalue weighted by Gasteiger charge is -2.10. The first-order chi connectivity index (χ1) is 16.3. The van der Waals surface area contributed by atoms with E-state index in [9.17, 15) is 9.59 Å². The van der Waals surface area contributed by atoms with Crippen LogP contribution in [0.2, 0.25) is 15.1 Å². The van der Waals surface area contributed by atoms with Crippen LogP contribution in [0.5, 0.6) is 0 Å². The molecule has 3 aromatic heterocycles. The summed E-state index contributed by atoms with van der Waals surface area (Å²) in [6.07, 6.45) is 1.42. The van der Waals surface area contributed by atoms with Gasteiger partial charge < -0.3 is 5.32 Å². The van der Waals surface area contributed by atoms with E-state index in [0.717, 1.165) is 0 Å². The third-order valence-electron chi connectivity index (χ3n) is 4.93.